The van der Waals surface area contributed by atoms with Gasteiger partial charge in [-0.2, -0.15) is 13.2 Å². The topological polar surface area (TPSA) is 86.6 Å². The summed E-state index contributed by atoms with van der Waals surface area (Å²) in [4.78, 5) is 23.5. The molecule has 2 atom stereocenters. The summed E-state index contributed by atoms with van der Waals surface area (Å²) in [6, 6.07) is 11.7. The second kappa shape index (κ2) is 9.36. The summed E-state index contributed by atoms with van der Waals surface area (Å²) in [5.41, 5.74) is 0.0647. The summed E-state index contributed by atoms with van der Waals surface area (Å²) >= 11 is 0. The van der Waals surface area contributed by atoms with E-state index < -0.39 is 35.8 Å². The molecule has 0 aromatic heterocycles. The van der Waals surface area contributed by atoms with E-state index in [4.69, 9.17) is 0 Å². The predicted octanol–water partition coefficient (Wildman–Crippen LogP) is 3.33. The Bertz CT molecular complexity index is 791. The highest BCUT2D eigenvalue weighted by molar-refractivity contribution is 5.86. The van der Waals surface area contributed by atoms with Crippen LogP contribution in [-0.2, 0) is 22.2 Å². The maximum atomic E-state index is 12.6. The molecule has 0 spiro atoms. The standard InChI is InChI=1S/C20H20F3NO4/c21-20(22,23)15-11-9-14(10-12-15)17(25)18(26)24-16(19(27)28)8-4-7-13-5-2-1-3-6-13/h1-3,5-6,9-12,16-17,25H,4,7-8H2,(H,24,26)(H,27,28)/t16-,17+/m1/s1. The number of nitrogens with one attached hydrogen (secondary N) is 1. The number of hydrogen-bond donors (Lipinski definition) is 3. The van der Waals surface area contributed by atoms with Crippen molar-refractivity contribution in [2.24, 2.45) is 0 Å². The summed E-state index contributed by atoms with van der Waals surface area (Å²) in [5.74, 6) is -2.23. The van der Waals surface area contributed by atoms with Crippen molar-refractivity contribution in [3.05, 3.63) is 71.3 Å². The summed E-state index contributed by atoms with van der Waals surface area (Å²) in [5, 5.41) is 21.5. The van der Waals surface area contributed by atoms with Crippen molar-refractivity contribution >= 4 is 11.9 Å². The first-order valence-corrected chi connectivity index (χ1v) is 8.61. The van der Waals surface area contributed by atoms with Gasteiger partial charge >= 0.3 is 12.1 Å². The van der Waals surface area contributed by atoms with Gasteiger partial charge in [-0.15, -0.1) is 0 Å². The molecular weight excluding hydrogens is 375 g/mol. The largest absolute Gasteiger partial charge is 0.480 e. The van der Waals surface area contributed by atoms with Gasteiger partial charge in [-0.05, 0) is 42.5 Å². The zero-order valence-corrected chi connectivity index (χ0v) is 14.8. The highest BCUT2D eigenvalue weighted by Crippen LogP contribution is 2.30. The average molecular weight is 395 g/mol. The lowest BCUT2D eigenvalue weighted by atomic mass is 10.0. The summed E-state index contributed by atoms with van der Waals surface area (Å²) in [6.45, 7) is 0. The Morgan fingerprint density at radius 3 is 2.14 bits per heavy atom. The van der Waals surface area contributed by atoms with Crippen molar-refractivity contribution in [3.8, 4) is 0 Å². The van der Waals surface area contributed by atoms with Gasteiger partial charge in [0.2, 0.25) is 0 Å². The molecule has 2 aromatic carbocycles. The number of carbonyl (C=O) groups is 2. The normalized spacial score (nSPS) is 13.6. The van der Waals surface area contributed by atoms with Crippen LogP contribution < -0.4 is 5.32 Å². The number of aryl methyl sites for hydroxylation is 1. The minimum absolute atomic E-state index is 0.0566. The Labute approximate surface area is 159 Å². The van der Waals surface area contributed by atoms with Gasteiger partial charge in [0.15, 0.2) is 6.10 Å². The van der Waals surface area contributed by atoms with Crippen molar-refractivity contribution in [2.45, 2.75) is 37.6 Å². The third-order valence-electron chi connectivity index (χ3n) is 4.22. The third kappa shape index (κ3) is 6.09. The lowest BCUT2D eigenvalue weighted by Gasteiger charge is -2.18. The number of aliphatic hydroxyl groups excluding tert-OH is 1. The van der Waals surface area contributed by atoms with Crippen molar-refractivity contribution in [1.82, 2.24) is 5.32 Å². The second-order valence-electron chi connectivity index (χ2n) is 6.30. The fraction of sp³-hybridized carbons (Fsp3) is 0.300. The fourth-order valence-corrected chi connectivity index (χ4v) is 2.67. The molecule has 0 saturated carbocycles. The Morgan fingerprint density at radius 1 is 1.00 bits per heavy atom. The molecule has 3 N–H and O–H groups in total. The van der Waals surface area contributed by atoms with Gasteiger partial charge in [0.05, 0.1) is 5.56 Å². The molecule has 0 fully saturated rings. The van der Waals surface area contributed by atoms with Crippen molar-refractivity contribution in [1.29, 1.82) is 0 Å². The Kier molecular flexibility index (Phi) is 7.17. The van der Waals surface area contributed by atoms with E-state index in [2.05, 4.69) is 5.32 Å². The highest BCUT2D eigenvalue weighted by atomic mass is 19.4. The van der Waals surface area contributed by atoms with Gasteiger partial charge in [0, 0.05) is 0 Å². The van der Waals surface area contributed by atoms with Crippen LogP contribution in [0.3, 0.4) is 0 Å². The zero-order chi connectivity index (χ0) is 20.7. The first kappa shape index (κ1) is 21.4. The molecule has 1 amide bonds. The average Bonchev–Trinajstić information content (AvgIpc) is 2.66. The number of alkyl halides is 3. The third-order valence-corrected chi connectivity index (χ3v) is 4.22. The van der Waals surface area contributed by atoms with Crippen LogP contribution in [-0.4, -0.2) is 28.1 Å². The Morgan fingerprint density at radius 2 is 1.61 bits per heavy atom. The molecule has 0 aliphatic rings. The molecule has 5 nitrogen and oxygen atoms in total. The van der Waals surface area contributed by atoms with Gasteiger partial charge in [-0.3, -0.25) is 4.79 Å². The van der Waals surface area contributed by atoms with Crippen molar-refractivity contribution in [2.75, 3.05) is 0 Å². The van der Waals surface area contributed by atoms with E-state index in [9.17, 15) is 33.0 Å². The first-order chi connectivity index (χ1) is 13.2. The van der Waals surface area contributed by atoms with E-state index in [0.717, 1.165) is 29.8 Å². The Hall–Kier alpha value is -2.87. The SMILES string of the molecule is O=C(N[C@H](CCCc1ccccc1)C(=O)O)[C@@H](O)c1ccc(C(F)(F)F)cc1. The van der Waals surface area contributed by atoms with Crippen LogP contribution in [0.4, 0.5) is 13.2 Å². The molecule has 0 unspecified atom stereocenters. The number of hydrogen-bond acceptors (Lipinski definition) is 3. The molecule has 150 valence electrons. The summed E-state index contributed by atoms with van der Waals surface area (Å²) < 4.78 is 37.7. The van der Waals surface area contributed by atoms with E-state index >= 15 is 0 Å². The van der Waals surface area contributed by atoms with Crippen LogP contribution in [0.2, 0.25) is 0 Å². The smallest absolute Gasteiger partial charge is 0.416 e. The number of halogens is 3. The molecule has 2 aromatic rings. The van der Waals surface area contributed by atoms with E-state index in [0.29, 0.717) is 12.8 Å². The number of rotatable bonds is 8. The first-order valence-electron chi connectivity index (χ1n) is 8.61. The molecular formula is C20H20F3NO4. The second-order valence-corrected chi connectivity index (χ2v) is 6.30. The molecule has 0 saturated heterocycles. The van der Waals surface area contributed by atoms with Crippen molar-refractivity contribution in [3.63, 3.8) is 0 Å². The van der Waals surface area contributed by atoms with Gasteiger partial charge < -0.3 is 15.5 Å². The molecule has 2 rings (SSSR count). The minimum atomic E-state index is -4.53. The van der Waals surface area contributed by atoms with E-state index in [1.165, 1.54) is 0 Å². The van der Waals surface area contributed by atoms with Crippen molar-refractivity contribution < 1.29 is 33.0 Å². The number of aliphatic carboxylic acids is 1. The maximum Gasteiger partial charge on any atom is 0.416 e. The van der Waals surface area contributed by atoms with E-state index in [1.54, 1.807) is 0 Å². The number of amides is 1. The number of benzene rings is 2. The molecule has 0 bridgehead atoms. The number of aliphatic hydroxyl groups is 1. The summed E-state index contributed by atoms with van der Waals surface area (Å²) in [6.07, 6.45) is -5.02. The highest BCUT2D eigenvalue weighted by Gasteiger charge is 2.31. The molecule has 0 aliphatic carbocycles. The van der Waals surface area contributed by atoms with Crippen LogP contribution in [0.5, 0.6) is 0 Å². The van der Waals surface area contributed by atoms with E-state index in [-0.39, 0.29) is 12.0 Å². The molecule has 0 radical (unpaired) electrons. The maximum absolute atomic E-state index is 12.6. The number of carbonyl (C=O) groups excluding carboxylic acids is 1. The van der Waals surface area contributed by atoms with Gasteiger partial charge in [-0.1, -0.05) is 42.5 Å². The van der Waals surface area contributed by atoms with Crippen LogP contribution in [0.1, 0.15) is 35.6 Å². The molecule has 0 aliphatic heterocycles. The lowest BCUT2D eigenvalue weighted by molar-refractivity contribution is -0.143. The van der Waals surface area contributed by atoms with Crippen LogP contribution >= 0.6 is 0 Å². The minimum Gasteiger partial charge on any atom is -0.480 e. The van der Waals surface area contributed by atoms with Crippen LogP contribution in [0, 0.1) is 0 Å². The van der Waals surface area contributed by atoms with Crippen LogP contribution in [0.15, 0.2) is 54.6 Å². The van der Waals surface area contributed by atoms with Gasteiger partial charge in [0.25, 0.3) is 5.91 Å². The fourth-order valence-electron chi connectivity index (χ4n) is 2.67. The molecule has 28 heavy (non-hydrogen) atoms. The zero-order valence-electron chi connectivity index (χ0n) is 14.8. The van der Waals surface area contributed by atoms with Gasteiger partial charge in [0.1, 0.15) is 6.04 Å². The molecule has 0 heterocycles. The van der Waals surface area contributed by atoms with Gasteiger partial charge in [-0.25, -0.2) is 4.79 Å². The number of carboxylic acids is 1. The van der Waals surface area contributed by atoms with E-state index in [1.807, 2.05) is 30.3 Å². The monoisotopic (exact) mass is 395 g/mol. The summed E-state index contributed by atoms with van der Waals surface area (Å²) in [7, 11) is 0. The predicted molar refractivity (Wildman–Crippen MR) is 95.4 cm³/mol. The molecule has 8 heteroatoms. The lowest BCUT2D eigenvalue weighted by Crippen LogP contribution is -2.43. The number of carboxylic acid groups (broad SMARTS) is 1. The van der Waals surface area contributed by atoms with Crippen LogP contribution in [0.25, 0.3) is 0 Å². The Balaban J connectivity index is 1.94. The quantitative estimate of drug-likeness (QED) is 0.640.